The maximum absolute atomic E-state index is 6.01. The second-order valence-corrected chi connectivity index (χ2v) is 5.40. The van der Waals surface area contributed by atoms with Crippen LogP contribution in [0.5, 0.6) is 5.75 Å². The summed E-state index contributed by atoms with van der Waals surface area (Å²) in [7, 11) is 0. The van der Waals surface area contributed by atoms with Crippen LogP contribution in [-0.2, 0) is 0 Å². The van der Waals surface area contributed by atoms with Gasteiger partial charge in [-0.15, -0.1) is 0 Å². The molecule has 1 heterocycles. The summed E-state index contributed by atoms with van der Waals surface area (Å²) in [5, 5.41) is 3.37. The first-order chi connectivity index (χ1) is 10.3. The number of nitrogens with one attached hydrogen (secondary N) is 1. The van der Waals surface area contributed by atoms with Gasteiger partial charge in [0.2, 0.25) is 0 Å². The van der Waals surface area contributed by atoms with Gasteiger partial charge in [0.05, 0.1) is 0 Å². The number of benzene rings is 2. The van der Waals surface area contributed by atoms with Crippen LogP contribution in [0.4, 0.5) is 5.69 Å². The topological polar surface area (TPSA) is 24.5 Å². The van der Waals surface area contributed by atoms with Gasteiger partial charge in [-0.05, 0) is 36.8 Å². The molecule has 1 aliphatic rings. The fourth-order valence-corrected chi connectivity index (χ4v) is 2.65. The molecule has 0 saturated carbocycles. The van der Waals surface area contributed by atoms with Crippen molar-refractivity contribution in [1.82, 2.24) is 5.32 Å². The van der Waals surface area contributed by atoms with Crippen LogP contribution in [0.15, 0.2) is 54.6 Å². The Balaban J connectivity index is 1.64. The van der Waals surface area contributed by atoms with Crippen LogP contribution < -0.4 is 15.0 Å². The van der Waals surface area contributed by atoms with E-state index in [1.807, 2.05) is 18.2 Å². The average molecular weight is 282 g/mol. The zero-order valence-electron chi connectivity index (χ0n) is 12.5. The molecule has 1 unspecified atom stereocenters. The molecule has 0 aliphatic carbocycles. The number of nitrogens with zero attached hydrogens (tertiary/aromatic N) is 1. The Bertz CT molecular complexity index is 547. The Kier molecular flexibility index (Phi) is 4.41. The van der Waals surface area contributed by atoms with Crippen LogP contribution in [-0.4, -0.2) is 26.2 Å². The SMILES string of the molecule is CC(Oc1ccc(N2CCNCC2)cc1)c1ccccc1. The molecule has 2 aromatic rings. The first-order valence-electron chi connectivity index (χ1n) is 7.60. The second kappa shape index (κ2) is 6.64. The number of anilines is 1. The van der Waals surface area contributed by atoms with Crippen molar-refractivity contribution in [2.45, 2.75) is 13.0 Å². The minimum atomic E-state index is 0.0660. The highest BCUT2D eigenvalue weighted by atomic mass is 16.5. The summed E-state index contributed by atoms with van der Waals surface area (Å²) >= 11 is 0. The molecule has 3 nitrogen and oxygen atoms in total. The Hall–Kier alpha value is -2.00. The van der Waals surface area contributed by atoms with Crippen molar-refractivity contribution in [2.75, 3.05) is 31.1 Å². The van der Waals surface area contributed by atoms with E-state index in [9.17, 15) is 0 Å². The maximum atomic E-state index is 6.01. The lowest BCUT2D eigenvalue weighted by atomic mass is 10.1. The minimum absolute atomic E-state index is 0.0660. The van der Waals surface area contributed by atoms with Gasteiger partial charge in [-0.1, -0.05) is 30.3 Å². The fourth-order valence-electron chi connectivity index (χ4n) is 2.65. The number of rotatable bonds is 4. The third-order valence-corrected chi connectivity index (χ3v) is 3.90. The summed E-state index contributed by atoms with van der Waals surface area (Å²) in [5.74, 6) is 0.922. The largest absolute Gasteiger partial charge is 0.486 e. The van der Waals surface area contributed by atoms with Crippen LogP contribution in [0.1, 0.15) is 18.6 Å². The Labute approximate surface area is 126 Å². The third-order valence-electron chi connectivity index (χ3n) is 3.90. The quantitative estimate of drug-likeness (QED) is 0.931. The Morgan fingerprint density at radius 1 is 0.952 bits per heavy atom. The van der Waals surface area contributed by atoms with E-state index in [2.05, 4.69) is 53.5 Å². The summed E-state index contributed by atoms with van der Waals surface area (Å²) in [6, 6.07) is 18.7. The van der Waals surface area contributed by atoms with Gasteiger partial charge in [0.15, 0.2) is 0 Å². The van der Waals surface area contributed by atoms with Crippen molar-refractivity contribution in [3.8, 4) is 5.75 Å². The minimum Gasteiger partial charge on any atom is -0.486 e. The Morgan fingerprint density at radius 3 is 2.29 bits per heavy atom. The van der Waals surface area contributed by atoms with Gasteiger partial charge < -0.3 is 15.0 Å². The number of piperazine rings is 1. The number of hydrogen-bond donors (Lipinski definition) is 1. The van der Waals surface area contributed by atoms with E-state index in [0.29, 0.717) is 0 Å². The molecular formula is C18H22N2O. The monoisotopic (exact) mass is 282 g/mol. The van der Waals surface area contributed by atoms with E-state index in [-0.39, 0.29) is 6.10 Å². The third kappa shape index (κ3) is 3.56. The summed E-state index contributed by atoms with van der Waals surface area (Å²) < 4.78 is 6.01. The molecule has 0 radical (unpaired) electrons. The molecule has 110 valence electrons. The number of hydrogen-bond acceptors (Lipinski definition) is 3. The van der Waals surface area contributed by atoms with Crippen LogP contribution in [0.2, 0.25) is 0 Å². The molecule has 21 heavy (non-hydrogen) atoms. The highest BCUT2D eigenvalue weighted by molar-refractivity contribution is 5.49. The predicted octanol–water partition coefficient (Wildman–Crippen LogP) is 3.24. The van der Waals surface area contributed by atoms with E-state index >= 15 is 0 Å². The standard InChI is InChI=1S/C18H22N2O/c1-15(16-5-3-2-4-6-16)21-18-9-7-17(8-10-18)20-13-11-19-12-14-20/h2-10,15,19H,11-14H2,1H3. The zero-order valence-corrected chi connectivity index (χ0v) is 12.5. The lowest BCUT2D eigenvalue weighted by Gasteiger charge is -2.29. The van der Waals surface area contributed by atoms with Gasteiger partial charge in [0.25, 0.3) is 0 Å². The summed E-state index contributed by atoms with van der Waals surface area (Å²) in [4.78, 5) is 2.40. The molecule has 1 N–H and O–H groups in total. The summed E-state index contributed by atoms with van der Waals surface area (Å²) in [6.45, 7) is 6.34. The lowest BCUT2D eigenvalue weighted by Crippen LogP contribution is -2.43. The zero-order chi connectivity index (χ0) is 14.5. The fraction of sp³-hybridized carbons (Fsp3) is 0.333. The highest BCUT2D eigenvalue weighted by Crippen LogP contribution is 2.24. The van der Waals surface area contributed by atoms with Crippen molar-refractivity contribution >= 4 is 5.69 Å². The molecule has 3 rings (SSSR count). The molecule has 0 bridgehead atoms. The van der Waals surface area contributed by atoms with E-state index in [1.54, 1.807) is 0 Å². The molecule has 2 aromatic carbocycles. The molecule has 3 heteroatoms. The van der Waals surface area contributed by atoms with Crippen molar-refractivity contribution < 1.29 is 4.74 Å². The first-order valence-corrected chi connectivity index (χ1v) is 7.60. The second-order valence-electron chi connectivity index (χ2n) is 5.40. The van der Waals surface area contributed by atoms with E-state index in [0.717, 1.165) is 31.9 Å². The predicted molar refractivity (Wildman–Crippen MR) is 87.0 cm³/mol. The molecule has 1 atom stereocenters. The van der Waals surface area contributed by atoms with E-state index < -0.39 is 0 Å². The van der Waals surface area contributed by atoms with Crippen molar-refractivity contribution in [3.63, 3.8) is 0 Å². The van der Waals surface area contributed by atoms with Crippen LogP contribution in [0, 0.1) is 0 Å². The molecule has 0 aromatic heterocycles. The van der Waals surface area contributed by atoms with Crippen molar-refractivity contribution in [2.24, 2.45) is 0 Å². The van der Waals surface area contributed by atoms with Crippen LogP contribution in [0.25, 0.3) is 0 Å². The molecule has 0 spiro atoms. The maximum Gasteiger partial charge on any atom is 0.121 e. The molecular weight excluding hydrogens is 260 g/mol. The van der Waals surface area contributed by atoms with Gasteiger partial charge in [0.1, 0.15) is 11.9 Å². The lowest BCUT2D eigenvalue weighted by molar-refractivity contribution is 0.227. The van der Waals surface area contributed by atoms with Crippen molar-refractivity contribution in [3.05, 3.63) is 60.2 Å². The summed E-state index contributed by atoms with van der Waals surface area (Å²) in [5.41, 5.74) is 2.47. The highest BCUT2D eigenvalue weighted by Gasteiger charge is 2.11. The smallest absolute Gasteiger partial charge is 0.121 e. The molecule has 1 aliphatic heterocycles. The average Bonchev–Trinajstić information content (AvgIpc) is 2.57. The van der Waals surface area contributed by atoms with E-state index in [1.165, 1.54) is 11.3 Å². The van der Waals surface area contributed by atoms with E-state index in [4.69, 9.17) is 4.74 Å². The normalized spacial score (nSPS) is 16.5. The van der Waals surface area contributed by atoms with Gasteiger partial charge in [-0.3, -0.25) is 0 Å². The molecule has 1 fully saturated rings. The number of ether oxygens (including phenoxy) is 1. The van der Waals surface area contributed by atoms with Crippen molar-refractivity contribution in [1.29, 1.82) is 0 Å². The van der Waals surface area contributed by atoms with Gasteiger partial charge >= 0.3 is 0 Å². The molecule has 1 saturated heterocycles. The molecule has 0 amide bonds. The summed E-state index contributed by atoms with van der Waals surface area (Å²) in [6.07, 6.45) is 0.0660. The van der Waals surface area contributed by atoms with Gasteiger partial charge in [0, 0.05) is 31.9 Å². The van der Waals surface area contributed by atoms with Crippen LogP contribution >= 0.6 is 0 Å². The van der Waals surface area contributed by atoms with Crippen LogP contribution in [0.3, 0.4) is 0 Å². The first kappa shape index (κ1) is 14.0. The van der Waals surface area contributed by atoms with Gasteiger partial charge in [-0.2, -0.15) is 0 Å². The Morgan fingerprint density at radius 2 is 1.62 bits per heavy atom. The van der Waals surface area contributed by atoms with Gasteiger partial charge in [-0.25, -0.2) is 0 Å².